The van der Waals surface area contributed by atoms with Crippen LogP contribution < -0.4 is 0 Å². The zero-order chi connectivity index (χ0) is 10.1. The number of halogens is 2. The number of hydrogen-bond acceptors (Lipinski definition) is 3. The van der Waals surface area contributed by atoms with Crippen LogP contribution in [0.4, 0.5) is 4.39 Å². The van der Waals surface area contributed by atoms with Crippen molar-refractivity contribution in [2.45, 2.75) is 6.92 Å². The highest BCUT2D eigenvalue weighted by atomic mass is 35.5. The predicted molar refractivity (Wildman–Crippen MR) is 49.4 cm³/mol. The number of benzene rings is 1. The first-order valence-corrected chi connectivity index (χ1v) is 4.30. The van der Waals surface area contributed by atoms with E-state index in [-0.39, 0.29) is 5.02 Å². The monoisotopic (exact) mass is 212 g/mol. The van der Waals surface area contributed by atoms with E-state index < -0.39 is 5.82 Å². The highest BCUT2D eigenvalue weighted by Gasteiger charge is 2.08. The zero-order valence-corrected chi connectivity index (χ0v) is 8.05. The second kappa shape index (κ2) is 3.38. The molecule has 14 heavy (non-hydrogen) atoms. The smallest absolute Gasteiger partial charge is 0.247 e. The first kappa shape index (κ1) is 9.15. The van der Waals surface area contributed by atoms with E-state index in [1.165, 1.54) is 18.2 Å². The molecule has 5 heteroatoms. The summed E-state index contributed by atoms with van der Waals surface area (Å²) in [4.78, 5) is 0. The molecule has 0 saturated heterocycles. The van der Waals surface area contributed by atoms with E-state index in [9.17, 15) is 4.39 Å². The SMILES string of the molecule is Cc1nnc(-c2ccc(F)c(Cl)c2)o1. The van der Waals surface area contributed by atoms with Gasteiger partial charge in [-0.1, -0.05) is 11.6 Å². The van der Waals surface area contributed by atoms with E-state index in [0.29, 0.717) is 17.3 Å². The minimum atomic E-state index is -0.466. The van der Waals surface area contributed by atoms with Crippen LogP contribution in [0.3, 0.4) is 0 Å². The standard InChI is InChI=1S/C9H6ClFN2O/c1-5-12-13-9(14-5)6-2-3-8(11)7(10)4-6/h2-4H,1H3. The molecule has 72 valence electrons. The van der Waals surface area contributed by atoms with Crippen LogP contribution in [-0.2, 0) is 0 Å². The maximum Gasteiger partial charge on any atom is 0.247 e. The Hall–Kier alpha value is -1.42. The van der Waals surface area contributed by atoms with E-state index >= 15 is 0 Å². The van der Waals surface area contributed by atoms with Crippen molar-refractivity contribution in [2.75, 3.05) is 0 Å². The van der Waals surface area contributed by atoms with E-state index in [0.717, 1.165) is 0 Å². The summed E-state index contributed by atoms with van der Waals surface area (Å²) in [7, 11) is 0. The van der Waals surface area contributed by atoms with Crippen LogP contribution in [0.25, 0.3) is 11.5 Å². The van der Waals surface area contributed by atoms with Crippen molar-refractivity contribution >= 4 is 11.6 Å². The van der Waals surface area contributed by atoms with Gasteiger partial charge in [-0.25, -0.2) is 4.39 Å². The summed E-state index contributed by atoms with van der Waals surface area (Å²) in [6, 6.07) is 4.25. The van der Waals surface area contributed by atoms with Crippen LogP contribution in [0.2, 0.25) is 5.02 Å². The molecule has 0 aliphatic carbocycles. The predicted octanol–water partition coefficient (Wildman–Crippen LogP) is 2.84. The third-order valence-corrected chi connectivity index (χ3v) is 1.98. The summed E-state index contributed by atoms with van der Waals surface area (Å²) < 4.78 is 18.0. The fourth-order valence-electron chi connectivity index (χ4n) is 1.04. The van der Waals surface area contributed by atoms with Crippen molar-refractivity contribution in [3.63, 3.8) is 0 Å². The Morgan fingerprint density at radius 1 is 1.36 bits per heavy atom. The Morgan fingerprint density at radius 2 is 2.14 bits per heavy atom. The molecule has 0 radical (unpaired) electrons. The van der Waals surface area contributed by atoms with E-state index in [4.69, 9.17) is 16.0 Å². The Balaban J connectivity index is 2.47. The van der Waals surface area contributed by atoms with Gasteiger partial charge in [-0.05, 0) is 18.2 Å². The molecular formula is C9H6ClFN2O. The van der Waals surface area contributed by atoms with E-state index in [1.54, 1.807) is 6.92 Å². The first-order chi connectivity index (χ1) is 6.66. The van der Waals surface area contributed by atoms with Gasteiger partial charge in [-0.3, -0.25) is 0 Å². The van der Waals surface area contributed by atoms with E-state index in [2.05, 4.69) is 10.2 Å². The van der Waals surface area contributed by atoms with Crippen molar-refractivity contribution in [3.8, 4) is 11.5 Å². The molecule has 0 unspecified atom stereocenters. The minimum absolute atomic E-state index is 0.0401. The van der Waals surface area contributed by atoms with Crippen molar-refractivity contribution in [2.24, 2.45) is 0 Å². The summed E-state index contributed by atoms with van der Waals surface area (Å²) in [5.41, 5.74) is 0.608. The van der Waals surface area contributed by atoms with Crippen LogP contribution in [0.1, 0.15) is 5.89 Å². The molecule has 0 atom stereocenters. The summed E-state index contributed by atoms with van der Waals surface area (Å²) in [6.45, 7) is 1.68. The topological polar surface area (TPSA) is 38.9 Å². The van der Waals surface area contributed by atoms with Crippen molar-refractivity contribution < 1.29 is 8.81 Å². The largest absolute Gasteiger partial charge is 0.421 e. The summed E-state index contributed by atoms with van der Waals surface area (Å²) in [5, 5.41) is 7.49. The summed E-state index contributed by atoms with van der Waals surface area (Å²) in [6.07, 6.45) is 0. The lowest BCUT2D eigenvalue weighted by Crippen LogP contribution is -1.81. The fraction of sp³-hybridized carbons (Fsp3) is 0.111. The van der Waals surface area contributed by atoms with Gasteiger partial charge in [-0.2, -0.15) is 0 Å². The van der Waals surface area contributed by atoms with Crippen LogP contribution in [0, 0.1) is 12.7 Å². The normalized spacial score (nSPS) is 10.5. The molecule has 1 aromatic carbocycles. The molecule has 2 aromatic rings. The van der Waals surface area contributed by atoms with Gasteiger partial charge in [0.05, 0.1) is 5.02 Å². The first-order valence-electron chi connectivity index (χ1n) is 3.92. The molecule has 1 heterocycles. The molecule has 0 bridgehead atoms. The van der Waals surface area contributed by atoms with Crippen LogP contribution in [-0.4, -0.2) is 10.2 Å². The lowest BCUT2D eigenvalue weighted by molar-refractivity contribution is 0.532. The lowest BCUT2D eigenvalue weighted by Gasteiger charge is -1.96. The molecule has 2 rings (SSSR count). The van der Waals surface area contributed by atoms with Crippen molar-refractivity contribution in [1.82, 2.24) is 10.2 Å². The second-order valence-corrected chi connectivity index (χ2v) is 3.16. The molecule has 3 nitrogen and oxygen atoms in total. The molecular weight excluding hydrogens is 207 g/mol. The summed E-state index contributed by atoms with van der Waals surface area (Å²) in [5.74, 6) is 0.330. The molecule has 0 aliphatic rings. The maximum absolute atomic E-state index is 12.8. The Kier molecular flexibility index (Phi) is 2.21. The molecule has 0 spiro atoms. The average molecular weight is 213 g/mol. The van der Waals surface area contributed by atoms with Crippen LogP contribution in [0.5, 0.6) is 0 Å². The maximum atomic E-state index is 12.8. The molecule has 0 fully saturated rings. The average Bonchev–Trinajstić information content (AvgIpc) is 2.57. The molecule has 1 aromatic heterocycles. The Labute approximate surface area is 84.5 Å². The van der Waals surface area contributed by atoms with Crippen molar-refractivity contribution in [1.29, 1.82) is 0 Å². The van der Waals surface area contributed by atoms with Crippen LogP contribution in [0.15, 0.2) is 22.6 Å². The molecule has 0 N–H and O–H groups in total. The minimum Gasteiger partial charge on any atom is -0.421 e. The number of aromatic nitrogens is 2. The van der Waals surface area contributed by atoms with Gasteiger partial charge in [-0.15, -0.1) is 10.2 Å². The number of hydrogen-bond donors (Lipinski definition) is 0. The number of nitrogens with zero attached hydrogens (tertiary/aromatic N) is 2. The van der Waals surface area contributed by atoms with Crippen molar-refractivity contribution in [3.05, 3.63) is 34.9 Å². The molecule has 0 amide bonds. The third-order valence-electron chi connectivity index (χ3n) is 1.69. The van der Waals surface area contributed by atoms with Gasteiger partial charge in [0.2, 0.25) is 11.8 Å². The fourth-order valence-corrected chi connectivity index (χ4v) is 1.22. The van der Waals surface area contributed by atoms with Gasteiger partial charge in [0.25, 0.3) is 0 Å². The quantitative estimate of drug-likeness (QED) is 0.730. The Morgan fingerprint density at radius 3 is 2.71 bits per heavy atom. The van der Waals surface area contributed by atoms with Gasteiger partial charge < -0.3 is 4.42 Å². The highest BCUT2D eigenvalue weighted by molar-refractivity contribution is 6.31. The van der Waals surface area contributed by atoms with Gasteiger partial charge >= 0.3 is 0 Å². The zero-order valence-electron chi connectivity index (χ0n) is 7.29. The highest BCUT2D eigenvalue weighted by Crippen LogP contribution is 2.23. The van der Waals surface area contributed by atoms with Crippen LogP contribution >= 0.6 is 11.6 Å². The van der Waals surface area contributed by atoms with Gasteiger partial charge in [0.15, 0.2) is 0 Å². The van der Waals surface area contributed by atoms with E-state index in [1.807, 2.05) is 0 Å². The lowest BCUT2D eigenvalue weighted by atomic mass is 10.2. The summed E-state index contributed by atoms with van der Waals surface area (Å²) >= 11 is 5.61. The molecule has 0 saturated carbocycles. The number of aryl methyl sites for hydroxylation is 1. The number of rotatable bonds is 1. The second-order valence-electron chi connectivity index (χ2n) is 2.76. The van der Waals surface area contributed by atoms with Gasteiger partial charge in [0, 0.05) is 12.5 Å². The van der Waals surface area contributed by atoms with Gasteiger partial charge in [0.1, 0.15) is 5.82 Å². The molecule has 0 aliphatic heterocycles. The third kappa shape index (κ3) is 1.61. The Bertz CT molecular complexity index is 470.